The average molecular weight is 323 g/mol. The number of fused-ring (bicyclic) bond motifs is 1. The molecule has 2 heterocycles. The van der Waals surface area contributed by atoms with E-state index in [1.165, 1.54) is 18.2 Å². The van der Waals surface area contributed by atoms with Gasteiger partial charge in [0, 0.05) is 30.0 Å². The van der Waals surface area contributed by atoms with Crippen molar-refractivity contribution in [1.29, 1.82) is 0 Å². The lowest BCUT2D eigenvalue weighted by Crippen LogP contribution is -1.92. The molecule has 1 N–H and O–H groups in total. The first-order valence-electron chi connectivity index (χ1n) is 7.10. The Morgan fingerprint density at radius 1 is 1.29 bits per heavy atom. The smallest absolute Gasteiger partial charge is 0.328 e. The summed E-state index contributed by atoms with van der Waals surface area (Å²) in [6.45, 7) is 1.94. The molecule has 0 aliphatic heterocycles. The van der Waals surface area contributed by atoms with Crippen molar-refractivity contribution in [2.24, 2.45) is 0 Å². The lowest BCUT2D eigenvalue weighted by Gasteiger charge is -2.01. The summed E-state index contributed by atoms with van der Waals surface area (Å²) in [5.41, 5.74) is 3.52. The number of imidazole rings is 1. The molecule has 7 heteroatoms. The number of benzene rings is 1. The van der Waals surface area contributed by atoms with Gasteiger partial charge in [0.2, 0.25) is 0 Å². The molecule has 0 fully saturated rings. The lowest BCUT2D eigenvalue weighted by atomic mass is 10.1. The van der Waals surface area contributed by atoms with Gasteiger partial charge in [0.15, 0.2) is 0 Å². The van der Waals surface area contributed by atoms with Gasteiger partial charge in [-0.2, -0.15) is 0 Å². The highest BCUT2D eigenvalue weighted by molar-refractivity contribution is 5.87. The van der Waals surface area contributed by atoms with E-state index in [2.05, 4.69) is 4.98 Å². The summed E-state index contributed by atoms with van der Waals surface area (Å²) in [6.07, 6.45) is 4.32. The Hall–Kier alpha value is -3.48. The number of hydrogen-bond acceptors (Lipinski definition) is 4. The molecule has 24 heavy (non-hydrogen) atoms. The number of nitrogens with zero attached hydrogens (tertiary/aromatic N) is 3. The van der Waals surface area contributed by atoms with E-state index in [1.54, 1.807) is 16.5 Å². The Morgan fingerprint density at radius 2 is 2.00 bits per heavy atom. The van der Waals surface area contributed by atoms with Gasteiger partial charge in [-0.15, -0.1) is 0 Å². The summed E-state index contributed by atoms with van der Waals surface area (Å²) in [5, 5.41) is 19.7. The van der Waals surface area contributed by atoms with Gasteiger partial charge in [-0.25, -0.2) is 9.78 Å². The fourth-order valence-corrected chi connectivity index (χ4v) is 2.43. The number of carboxylic acid groups (broad SMARTS) is 1. The molecular weight excluding hydrogens is 310 g/mol. The first kappa shape index (κ1) is 15.4. The fourth-order valence-electron chi connectivity index (χ4n) is 2.43. The van der Waals surface area contributed by atoms with E-state index in [0.717, 1.165) is 11.6 Å². The van der Waals surface area contributed by atoms with Gasteiger partial charge in [-0.1, -0.05) is 0 Å². The van der Waals surface area contributed by atoms with Crippen LogP contribution in [-0.4, -0.2) is 25.4 Å². The summed E-state index contributed by atoms with van der Waals surface area (Å²) in [4.78, 5) is 25.7. The Morgan fingerprint density at radius 3 is 2.62 bits per heavy atom. The minimum Gasteiger partial charge on any atom is -0.478 e. The van der Waals surface area contributed by atoms with Gasteiger partial charge in [-0.05, 0) is 42.8 Å². The summed E-state index contributed by atoms with van der Waals surface area (Å²) >= 11 is 0. The van der Waals surface area contributed by atoms with Crippen molar-refractivity contribution < 1.29 is 14.8 Å². The summed E-state index contributed by atoms with van der Waals surface area (Å²) in [7, 11) is 0. The van der Waals surface area contributed by atoms with Gasteiger partial charge < -0.3 is 5.11 Å². The number of aryl methyl sites for hydroxylation is 1. The average Bonchev–Trinajstić information content (AvgIpc) is 2.90. The monoisotopic (exact) mass is 323 g/mol. The maximum atomic E-state index is 10.9. The van der Waals surface area contributed by atoms with Crippen LogP contribution >= 0.6 is 0 Å². The Labute approximate surface area is 136 Å². The molecule has 0 atom stereocenters. The number of carbonyl (C=O) groups is 1. The molecule has 0 aliphatic carbocycles. The quantitative estimate of drug-likeness (QED) is 0.451. The highest BCUT2D eigenvalue weighted by Gasteiger charge is 2.14. The molecule has 1 aromatic carbocycles. The van der Waals surface area contributed by atoms with Crippen LogP contribution in [0.5, 0.6) is 0 Å². The number of hydrogen-bond donors (Lipinski definition) is 1. The van der Waals surface area contributed by atoms with Crippen molar-refractivity contribution in [3.63, 3.8) is 0 Å². The molecule has 7 nitrogen and oxygen atoms in total. The third-order valence-corrected chi connectivity index (χ3v) is 3.55. The summed E-state index contributed by atoms with van der Waals surface area (Å²) < 4.78 is 1.78. The first-order chi connectivity index (χ1) is 11.5. The number of pyridine rings is 1. The fraction of sp³-hybridized carbons (Fsp3) is 0.0588. The van der Waals surface area contributed by atoms with Gasteiger partial charge >= 0.3 is 5.97 Å². The molecule has 0 radical (unpaired) electrons. The van der Waals surface area contributed by atoms with Gasteiger partial charge in [-0.3, -0.25) is 14.5 Å². The van der Waals surface area contributed by atoms with Gasteiger partial charge in [0.25, 0.3) is 5.69 Å². The first-order valence-corrected chi connectivity index (χ1v) is 7.10. The third-order valence-electron chi connectivity index (χ3n) is 3.55. The SMILES string of the molecule is Cc1ccn2c(/C=C/C(=O)O)c(-c3ccc([N+](=O)[O-])cc3)nc2c1. The molecule has 3 aromatic rings. The predicted molar refractivity (Wildman–Crippen MR) is 88.7 cm³/mol. The van der Waals surface area contributed by atoms with E-state index in [-0.39, 0.29) is 5.69 Å². The van der Waals surface area contributed by atoms with E-state index in [4.69, 9.17) is 5.11 Å². The summed E-state index contributed by atoms with van der Waals surface area (Å²) in [6, 6.07) is 9.78. The lowest BCUT2D eigenvalue weighted by molar-refractivity contribution is -0.384. The molecule has 0 saturated carbocycles. The molecule has 120 valence electrons. The van der Waals surface area contributed by atoms with Gasteiger partial charge in [0.05, 0.1) is 16.3 Å². The molecule has 0 spiro atoms. The number of carboxylic acids is 1. The minimum atomic E-state index is -1.06. The van der Waals surface area contributed by atoms with Crippen LogP contribution in [0.1, 0.15) is 11.3 Å². The largest absolute Gasteiger partial charge is 0.478 e. The number of non-ortho nitro benzene ring substituents is 1. The second kappa shape index (κ2) is 5.96. The zero-order valence-corrected chi connectivity index (χ0v) is 12.7. The van der Waals surface area contributed by atoms with E-state index >= 15 is 0 Å². The third kappa shape index (κ3) is 2.87. The van der Waals surface area contributed by atoms with Crippen molar-refractivity contribution in [1.82, 2.24) is 9.38 Å². The van der Waals surface area contributed by atoms with Crippen molar-refractivity contribution in [2.75, 3.05) is 0 Å². The Balaban J connectivity index is 2.20. The van der Waals surface area contributed by atoms with Crippen molar-refractivity contribution in [3.8, 4) is 11.3 Å². The second-order valence-corrected chi connectivity index (χ2v) is 5.25. The van der Waals surface area contributed by atoms with Crippen LogP contribution in [0.15, 0.2) is 48.7 Å². The molecule has 0 saturated heterocycles. The zero-order chi connectivity index (χ0) is 17.3. The van der Waals surface area contributed by atoms with Crippen LogP contribution in [0, 0.1) is 17.0 Å². The van der Waals surface area contributed by atoms with E-state index in [1.807, 2.05) is 25.3 Å². The highest BCUT2D eigenvalue weighted by Crippen LogP contribution is 2.27. The molecule has 0 amide bonds. The van der Waals surface area contributed by atoms with Crippen molar-refractivity contribution in [3.05, 3.63) is 70.0 Å². The molecular formula is C17H13N3O4. The van der Waals surface area contributed by atoms with E-state index in [0.29, 0.717) is 22.6 Å². The topological polar surface area (TPSA) is 97.7 Å². The number of rotatable bonds is 4. The highest BCUT2D eigenvalue weighted by atomic mass is 16.6. The normalized spacial score (nSPS) is 11.2. The predicted octanol–water partition coefficient (Wildman–Crippen LogP) is 3.32. The zero-order valence-electron chi connectivity index (χ0n) is 12.7. The number of aliphatic carboxylic acids is 1. The van der Waals surface area contributed by atoms with E-state index in [9.17, 15) is 14.9 Å². The Kier molecular flexibility index (Phi) is 3.83. The number of nitro groups is 1. The minimum absolute atomic E-state index is 0.0130. The van der Waals surface area contributed by atoms with Gasteiger partial charge in [0.1, 0.15) is 5.65 Å². The Bertz CT molecular complexity index is 971. The number of aromatic nitrogens is 2. The van der Waals surface area contributed by atoms with E-state index < -0.39 is 10.9 Å². The second-order valence-electron chi connectivity index (χ2n) is 5.25. The number of nitro benzene ring substituents is 1. The van der Waals surface area contributed by atoms with Crippen molar-refractivity contribution in [2.45, 2.75) is 6.92 Å². The van der Waals surface area contributed by atoms with Crippen LogP contribution in [-0.2, 0) is 4.79 Å². The summed E-state index contributed by atoms with van der Waals surface area (Å²) in [5.74, 6) is -1.06. The molecule has 3 rings (SSSR count). The van der Waals surface area contributed by atoms with Crippen LogP contribution in [0.2, 0.25) is 0 Å². The van der Waals surface area contributed by atoms with Crippen LogP contribution < -0.4 is 0 Å². The molecule has 2 aromatic heterocycles. The van der Waals surface area contributed by atoms with Crippen LogP contribution in [0.25, 0.3) is 23.0 Å². The molecule has 0 aliphatic rings. The maximum Gasteiger partial charge on any atom is 0.328 e. The van der Waals surface area contributed by atoms with Crippen LogP contribution in [0.4, 0.5) is 5.69 Å². The molecule has 0 unspecified atom stereocenters. The van der Waals surface area contributed by atoms with Crippen LogP contribution in [0.3, 0.4) is 0 Å². The standard InChI is InChI=1S/C17H13N3O4/c1-11-8-9-19-14(6-7-16(21)22)17(18-15(19)10-11)12-2-4-13(5-3-12)20(23)24/h2-10H,1H3,(H,21,22)/b7-6+. The maximum absolute atomic E-state index is 10.9. The van der Waals surface area contributed by atoms with Crippen molar-refractivity contribution >= 4 is 23.4 Å². The molecule has 0 bridgehead atoms.